The zero-order valence-corrected chi connectivity index (χ0v) is 13.5. The lowest BCUT2D eigenvalue weighted by Gasteiger charge is -2.24. The van der Waals surface area contributed by atoms with E-state index in [1.807, 2.05) is 0 Å². The summed E-state index contributed by atoms with van der Waals surface area (Å²) in [4.78, 5) is 2.30. The second kappa shape index (κ2) is 5.44. The minimum atomic E-state index is 1.21. The van der Waals surface area contributed by atoms with Gasteiger partial charge in [0, 0.05) is 23.5 Å². The molecule has 23 heavy (non-hydrogen) atoms. The van der Waals surface area contributed by atoms with Crippen molar-refractivity contribution in [3.05, 3.63) is 84.4 Å². The Hall–Kier alpha value is -2.80. The number of nitrogens with zero attached hydrogens (tertiary/aromatic N) is 1. The molecule has 0 aromatic heterocycles. The SMILES string of the molecule is Cc1ccc(N(C)c2c3ccccc3cc3ccccc23)cc1. The Morgan fingerprint density at radius 1 is 0.652 bits per heavy atom. The standard InChI is InChI=1S/C22H19N/c1-16-11-13-19(14-12-16)23(2)22-20-9-5-3-7-17(20)15-18-8-4-6-10-21(18)22/h3-15H,1-2H3. The lowest BCUT2D eigenvalue weighted by Crippen LogP contribution is -2.10. The maximum Gasteiger partial charge on any atom is 0.0567 e. The summed E-state index contributed by atoms with van der Waals surface area (Å²) in [6.07, 6.45) is 0. The van der Waals surface area contributed by atoms with Crippen molar-refractivity contribution in [2.24, 2.45) is 0 Å². The lowest BCUT2D eigenvalue weighted by molar-refractivity contribution is 1.23. The van der Waals surface area contributed by atoms with Gasteiger partial charge in [0.05, 0.1) is 5.69 Å². The van der Waals surface area contributed by atoms with Crippen molar-refractivity contribution in [3.8, 4) is 0 Å². The van der Waals surface area contributed by atoms with Gasteiger partial charge < -0.3 is 4.90 Å². The van der Waals surface area contributed by atoms with Gasteiger partial charge in [0.2, 0.25) is 0 Å². The highest BCUT2D eigenvalue weighted by Crippen LogP contribution is 2.38. The number of benzene rings is 4. The van der Waals surface area contributed by atoms with Crippen molar-refractivity contribution >= 4 is 32.9 Å². The second-order valence-corrected chi connectivity index (χ2v) is 6.06. The van der Waals surface area contributed by atoms with Gasteiger partial charge in [-0.1, -0.05) is 66.2 Å². The van der Waals surface area contributed by atoms with Crippen molar-refractivity contribution < 1.29 is 0 Å². The van der Waals surface area contributed by atoms with Gasteiger partial charge in [0.25, 0.3) is 0 Å². The highest BCUT2D eigenvalue weighted by atomic mass is 15.1. The molecule has 0 saturated carbocycles. The number of hydrogen-bond acceptors (Lipinski definition) is 1. The molecule has 0 aliphatic rings. The molecule has 0 fully saturated rings. The molecular formula is C22H19N. The fourth-order valence-corrected chi connectivity index (χ4v) is 3.25. The molecule has 1 heteroatoms. The van der Waals surface area contributed by atoms with Gasteiger partial charge in [0.15, 0.2) is 0 Å². The molecule has 0 N–H and O–H groups in total. The summed E-state index contributed by atoms with van der Waals surface area (Å²) in [5.74, 6) is 0. The summed E-state index contributed by atoms with van der Waals surface area (Å²) in [7, 11) is 2.15. The minimum Gasteiger partial charge on any atom is -0.344 e. The summed E-state index contributed by atoms with van der Waals surface area (Å²) in [5, 5.41) is 5.13. The van der Waals surface area contributed by atoms with E-state index in [9.17, 15) is 0 Å². The number of hydrogen-bond donors (Lipinski definition) is 0. The van der Waals surface area contributed by atoms with Crippen LogP contribution in [0.1, 0.15) is 5.56 Å². The zero-order valence-electron chi connectivity index (χ0n) is 13.5. The van der Waals surface area contributed by atoms with Gasteiger partial charge in [-0.05, 0) is 35.9 Å². The van der Waals surface area contributed by atoms with E-state index in [0.717, 1.165) is 0 Å². The summed E-state index contributed by atoms with van der Waals surface area (Å²) in [5.41, 5.74) is 3.75. The quantitative estimate of drug-likeness (QED) is 0.406. The number of aryl methyl sites for hydroxylation is 1. The van der Waals surface area contributed by atoms with Crippen molar-refractivity contribution in [3.63, 3.8) is 0 Å². The molecule has 0 saturated heterocycles. The van der Waals surface area contributed by atoms with E-state index >= 15 is 0 Å². The first-order valence-electron chi connectivity index (χ1n) is 7.95. The molecule has 0 radical (unpaired) electrons. The van der Waals surface area contributed by atoms with E-state index in [0.29, 0.717) is 0 Å². The molecule has 0 amide bonds. The van der Waals surface area contributed by atoms with Crippen LogP contribution in [0, 0.1) is 6.92 Å². The third kappa shape index (κ3) is 2.35. The topological polar surface area (TPSA) is 3.24 Å². The molecule has 0 aliphatic carbocycles. The Kier molecular flexibility index (Phi) is 3.27. The highest BCUT2D eigenvalue weighted by molar-refractivity contribution is 6.12. The van der Waals surface area contributed by atoms with Crippen LogP contribution in [0.15, 0.2) is 78.9 Å². The Morgan fingerprint density at radius 3 is 1.74 bits per heavy atom. The summed E-state index contributed by atoms with van der Waals surface area (Å²) < 4.78 is 0. The van der Waals surface area contributed by atoms with Crippen molar-refractivity contribution in [2.45, 2.75) is 6.92 Å². The zero-order chi connectivity index (χ0) is 15.8. The van der Waals surface area contributed by atoms with Gasteiger partial charge in [0.1, 0.15) is 0 Å². The van der Waals surface area contributed by atoms with Gasteiger partial charge in [-0.2, -0.15) is 0 Å². The van der Waals surface area contributed by atoms with Crippen LogP contribution >= 0.6 is 0 Å². The van der Waals surface area contributed by atoms with Gasteiger partial charge in [-0.3, -0.25) is 0 Å². The highest BCUT2D eigenvalue weighted by Gasteiger charge is 2.12. The third-order valence-corrected chi connectivity index (χ3v) is 4.50. The normalized spacial score (nSPS) is 11.0. The first-order chi connectivity index (χ1) is 11.2. The number of rotatable bonds is 2. The summed E-state index contributed by atoms with van der Waals surface area (Å²) in [6.45, 7) is 2.12. The molecule has 4 aromatic rings. The largest absolute Gasteiger partial charge is 0.344 e. The van der Waals surface area contributed by atoms with Gasteiger partial charge in [-0.25, -0.2) is 0 Å². The molecular weight excluding hydrogens is 278 g/mol. The van der Waals surface area contributed by atoms with Crippen LogP contribution in [0.25, 0.3) is 21.5 Å². The smallest absolute Gasteiger partial charge is 0.0567 e. The molecule has 0 unspecified atom stereocenters. The third-order valence-electron chi connectivity index (χ3n) is 4.50. The minimum absolute atomic E-state index is 1.21. The van der Waals surface area contributed by atoms with Crippen LogP contribution in [-0.4, -0.2) is 7.05 Å². The number of anilines is 2. The summed E-state index contributed by atoms with van der Waals surface area (Å²) >= 11 is 0. The molecule has 0 spiro atoms. The molecule has 4 rings (SSSR count). The molecule has 0 atom stereocenters. The Labute approximate surface area is 136 Å². The first kappa shape index (κ1) is 13.8. The molecule has 0 heterocycles. The molecule has 112 valence electrons. The predicted molar refractivity (Wildman–Crippen MR) is 101 cm³/mol. The van der Waals surface area contributed by atoms with E-state index in [1.165, 1.54) is 38.5 Å². The molecule has 4 aromatic carbocycles. The van der Waals surface area contributed by atoms with Crippen molar-refractivity contribution in [1.82, 2.24) is 0 Å². The van der Waals surface area contributed by atoms with Crippen LogP contribution < -0.4 is 4.90 Å². The maximum atomic E-state index is 2.30. The Balaban J connectivity index is 2.04. The van der Waals surface area contributed by atoms with Gasteiger partial charge >= 0.3 is 0 Å². The monoisotopic (exact) mass is 297 g/mol. The van der Waals surface area contributed by atoms with Crippen LogP contribution in [0.2, 0.25) is 0 Å². The fourth-order valence-electron chi connectivity index (χ4n) is 3.25. The molecule has 0 aliphatic heterocycles. The Morgan fingerprint density at radius 2 is 1.17 bits per heavy atom. The summed E-state index contributed by atoms with van der Waals surface area (Å²) in [6, 6.07) is 28.2. The van der Waals surface area contributed by atoms with Crippen molar-refractivity contribution in [1.29, 1.82) is 0 Å². The Bertz CT molecular complexity index is 930. The first-order valence-corrected chi connectivity index (χ1v) is 7.95. The fraction of sp³-hybridized carbons (Fsp3) is 0.0909. The predicted octanol–water partition coefficient (Wildman–Crippen LogP) is 6.07. The van der Waals surface area contributed by atoms with Crippen LogP contribution in [-0.2, 0) is 0 Å². The van der Waals surface area contributed by atoms with E-state index in [4.69, 9.17) is 0 Å². The molecule has 0 bridgehead atoms. The molecule has 1 nitrogen and oxygen atoms in total. The van der Waals surface area contributed by atoms with Gasteiger partial charge in [-0.15, -0.1) is 0 Å². The second-order valence-electron chi connectivity index (χ2n) is 6.06. The average Bonchev–Trinajstić information content (AvgIpc) is 2.59. The number of fused-ring (bicyclic) bond motifs is 2. The maximum absolute atomic E-state index is 2.30. The lowest BCUT2D eigenvalue weighted by atomic mass is 10.00. The van der Waals surface area contributed by atoms with Crippen molar-refractivity contribution in [2.75, 3.05) is 11.9 Å². The van der Waals surface area contributed by atoms with Crippen LogP contribution in [0.4, 0.5) is 11.4 Å². The van der Waals surface area contributed by atoms with Crippen LogP contribution in [0.3, 0.4) is 0 Å². The van der Waals surface area contributed by atoms with E-state index in [1.54, 1.807) is 0 Å². The van der Waals surface area contributed by atoms with E-state index < -0.39 is 0 Å². The van der Waals surface area contributed by atoms with E-state index in [-0.39, 0.29) is 0 Å². The van der Waals surface area contributed by atoms with E-state index in [2.05, 4.69) is 97.7 Å². The average molecular weight is 297 g/mol. The van der Waals surface area contributed by atoms with Crippen LogP contribution in [0.5, 0.6) is 0 Å².